The van der Waals surface area contributed by atoms with Crippen LogP contribution in [0.1, 0.15) is 40.5 Å². The average Bonchev–Trinajstić information content (AvgIpc) is 2.42. The van der Waals surface area contributed by atoms with Crippen molar-refractivity contribution < 1.29 is 9.53 Å². The van der Waals surface area contributed by atoms with Crippen LogP contribution in [-0.2, 0) is 4.74 Å². The molecule has 1 fully saturated rings. The van der Waals surface area contributed by atoms with Crippen LogP contribution >= 0.6 is 0 Å². The lowest BCUT2D eigenvalue weighted by atomic mass is 9.89. The Morgan fingerprint density at radius 2 is 1.90 bits per heavy atom. The number of hydrogen-bond donors (Lipinski definition) is 0. The summed E-state index contributed by atoms with van der Waals surface area (Å²) in [6.07, 6.45) is 3.07. The van der Waals surface area contributed by atoms with E-state index < -0.39 is 5.60 Å². The fraction of sp³-hybridized carbons (Fsp3) is 0.688. The van der Waals surface area contributed by atoms with Gasteiger partial charge in [0.2, 0.25) is 0 Å². The zero-order chi connectivity index (χ0) is 16.0. The Balaban J connectivity index is 2.65. The summed E-state index contributed by atoms with van der Waals surface area (Å²) in [5.74, 6) is 0.324. The Kier molecular flexibility index (Phi) is 6.12. The number of piperidine rings is 1. The predicted molar refractivity (Wildman–Crippen MR) is 87.2 cm³/mol. The molecule has 118 valence electrons. The monoisotopic (exact) mass is 293 g/mol. The molecule has 0 N–H and O–H groups in total. The van der Waals surface area contributed by atoms with Crippen LogP contribution in [0.15, 0.2) is 22.8 Å². The molecular weight excluding hydrogens is 266 g/mol. The van der Waals surface area contributed by atoms with Gasteiger partial charge in [0.25, 0.3) is 0 Å². The van der Waals surface area contributed by atoms with Crippen LogP contribution in [0.2, 0.25) is 0 Å². The van der Waals surface area contributed by atoms with E-state index in [1.807, 2.05) is 27.7 Å². The summed E-state index contributed by atoms with van der Waals surface area (Å²) in [5.41, 5.74) is 1.47. The lowest BCUT2D eigenvalue weighted by Crippen LogP contribution is -2.43. The molecule has 1 aliphatic heterocycles. The Labute approximate surface area is 127 Å². The molecule has 1 amide bonds. The Hall–Kier alpha value is -1.65. The number of nitrogens with zero attached hydrogens (tertiary/aromatic N) is 3. The first-order valence-electron chi connectivity index (χ1n) is 7.38. The Morgan fingerprint density at radius 3 is 2.33 bits per heavy atom. The third-order valence-electron chi connectivity index (χ3n) is 3.47. The first-order chi connectivity index (χ1) is 9.78. The molecule has 1 aliphatic rings. The van der Waals surface area contributed by atoms with Crippen molar-refractivity contribution in [3.8, 4) is 0 Å². The highest BCUT2D eigenvalue weighted by molar-refractivity contribution is 6.42. The van der Waals surface area contributed by atoms with Gasteiger partial charge >= 0.3 is 6.09 Å². The smallest absolute Gasteiger partial charge is 0.410 e. The molecule has 0 aromatic carbocycles. The third-order valence-corrected chi connectivity index (χ3v) is 3.47. The van der Waals surface area contributed by atoms with Crippen LogP contribution in [-0.4, -0.2) is 48.2 Å². The van der Waals surface area contributed by atoms with Gasteiger partial charge in [0.05, 0.1) is 11.4 Å². The van der Waals surface area contributed by atoms with Crippen LogP contribution in [0, 0.1) is 5.92 Å². The van der Waals surface area contributed by atoms with E-state index in [4.69, 9.17) is 4.74 Å². The highest BCUT2D eigenvalue weighted by Gasteiger charge is 2.29. The molecule has 0 atom stereocenters. The number of carbonyl (C=O) groups is 1. The molecule has 1 saturated heterocycles. The lowest BCUT2D eigenvalue weighted by molar-refractivity contribution is 0.0202. The fourth-order valence-corrected chi connectivity index (χ4v) is 2.37. The van der Waals surface area contributed by atoms with Gasteiger partial charge in [0.1, 0.15) is 5.60 Å². The quantitative estimate of drug-likeness (QED) is 0.750. The molecule has 0 aromatic rings. The Bertz CT molecular complexity index is 439. The van der Waals surface area contributed by atoms with E-state index >= 15 is 0 Å². The van der Waals surface area contributed by atoms with Crippen molar-refractivity contribution in [1.29, 1.82) is 0 Å². The van der Waals surface area contributed by atoms with E-state index in [9.17, 15) is 4.79 Å². The molecule has 0 bridgehead atoms. The van der Waals surface area contributed by atoms with E-state index in [1.165, 1.54) is 0 Å². The normalized spacial score (nSPS) is 18.6. The Morgan fingerprint density at radius 1 is 1.33 bits per heavy atom. The second kappa shape index (κ2) is 7.38. The lowest BCUT2D eigenvalue weighted by Gasteiger charge is -2.33. The number of hydrogen-bond acceptors (Lipinski definition) is 4. The summed E-state index contributed by atoms with van der Waals surface area (Å²) in [7, 11) is 1.77. The molecule has 0 aliphatic carbocycles. The van der Waals surface area contributed by atoms with Gasteiger partial charge in [-0.3, -0.25) is 9.98 Å². The second-order valence-electron chi connectivity index (χ2n) is 6.25. The van der Waals surface area contributed by atoms with Crippen molar-refractivity contribution >= 4 is 17.5 Å². The maximum absolute atomic E-state index is 12.0. The molecule has 1 heterocycles. The van der Waals surface area contributed by atoms with E-state index in [-0.39, 0.29) is 6.09 Å². The van der Waals surface area contributed by atoms with Gasteiger partial charge in [0.15, 0.2) is 0 Å². The fourth-order valence-electron chi connectivity index (χ4n) is 2.37. The number of amides is 1. The van der Waals surface area contributed by atoms with Crippen LogP contribution < -0.4 is 0 Å². The van der Waals surface area contributed by atoms with Crippen LogP contribution in [0.4, 0.5) is 4.79 Å². The van der Waals surface area contributed by atoms with Crippen molar-refractivity contribution in [1.82, 2.24) is 4.90 Å². The van der Waals surface area contributed by atoms with E-state index in [0.29, 0.717) is 19.0 Å². The first kappa shape index (κ1) is 17.4. The number of carbonyl (C=O) groups excluding carboxylic acids is 1. The highest BCUT2D eigenvalue weighted by atomic mass is 16.6. The summed E-state index contributed by atoms with van der Waals surface area (Å²) in [6.45, 7) is 12.7. The summed E-state index contributed by atoms with van der Waals surface area (Å²) in [4.78, 5) is 22.4. The maximum Gasteiger partial charge on any atom is 0.410 e. The van der Waals surface area contributed by atoms with Crippen LogP contribution in [0.5, 0.6) is 0 Å². The molecule has 21 heavy (non-hydrogen) atoms. The van der Waals surface area contributed by atoms with Gasteiger partial charge in [0, 0.05) is 32.3 Å². The van der Waals surface area contributed by atoms with Gasteiger partial charge in [-0.25, -0.2) is 4.79 Å². The minimum atomic E-state index is -0.450. The van der Waals surface area contributed by atoms with Gasteiger partial charge in [-0.05, 0) is 40.5 Å². The van der Waals surface area contributed by atoms with Crippen molar-refractivity contribution in [3.63, 3.8) is 0 Å². The minimum Gasteiger partial charge on any atom is -0.444 e. The summed E-state index contributed by atoms with van der Waals surface area (Å²) >= 11 is 0. The second-order valence-corrected chi connectivity index (χ2v) is 6.25. The van der Waals surface area contributed by atoms with Crippen molar-refractivity contribution in [2.24, 2.45) is 15.9 Å². The molecule has 5 heteroatoms. The topological polar surface area (TPSA) is 54.3 Å². The zero-order valence-corrected chi connectivity index (χ0v) is 13.8. The van der Waals surface area contributed by atoms with Crippen molar-refractivity contribution in [2.75, 3.05) is 20.1 Å². The molecule has 0 saturated carbocycles. The van der Waals surface area contributed by atoms with E-state index in [0.717, 1.165) is 24.3 Å². The SMILES string of the molecule is C=CN=C(C(C)=NC)C1CCN(C(=O)OC(C)(C)C)CC1. The predicted octanol–water partition coefficient (Wildman–Crippen LogP) is 3.31. The van der Waals surface area contributed by atoms with Crippen molar-refractivity contribution in [2.45, 2.75) is 46.1 Å². The van der Waals surface area contributed by atoms with Gasteiger partial charge in [-0.15, -0.1) is 0 Å². The first-order valence-corrected chi connectivity index (χ1v) is 7.38. The average molecular weight is 293 g/mol. The van der Waals surface area contributed by atoms with E-state index in [1.54, 1.807) is 18.1 Å². The summed E-state index contributed by atoms with van der Waals surface area (Å²) < 4.78 is 5.41. The maximum atomic E-state index is 12.0. The highest BCUT2D eigenvalue weighted by Crippen LogP contribution is 2.22. The molecule has 0 spiro atoms. The summed E-state index contributed by atoms with van der Waals surface area (Å²) in [5, 5.41) is 0. The van der Waals surface area contributed by atoms with Crippen molar-refractivity contribution in [3.05, 3.63) is 12.8 Å². The number of likely N-dealkylation sites (tertiary alicyclic amines) is 1. The standard InChI is InChI=1S/C16H27N3O2/c1-7-18-14(12(2)17-6)13-8-10-19(11-9-13)15(20)21-16(3,4)5/h7,13H,1,8-11H2,2-6H3. The molecule has 0 radical (unpaired) electrons. The number of aliphatic imine (C=N–C) groups is 2. The minimum absolute atomic E-state index is 0.232. The van der Waals surface area contributed by atoms with Gasteiger partial charge in [-0.2, -0.15) is 0 Å². The van der Waals surface area contributed by atoms with Gasteiger partial charge < -0.3 is 9.64 Å². The summed E-state index contributed by atoms with van der Waals surface area (Å²) in [6, 6.07) is 0. The number of ether oxygens (including phenoxy) is 1. The molecule has 0 unspecified atom stereocenters. The largest absolute Gasteiger partial charge is 0.444 e. The van der Waals surface area contributed by atoms with Gasteiger partial charge in [-0.1, -0.05) is 6.58 Å². The zero-order valence-electron chi connectivity index (χ0n) is 13.8. The van der Waals surface area contributed by atoms with Crippen LogP contribution in [0.25, 0.3) is 0 Å². The third kappa shape index (κ3) is 5.33. The molecule has 5 nitrogen and oxygen atoms in total. The molecule has 0 aromatic heterocycles. The number of rotatable bonds is 3. The van der Waals surface area contributed by atoms with E-state index in [2.05, 4.69) is 16.6 Å². The molecule has 1 rings (SSSR count). The molecular formula is C16H27N3O2. The van der Waals surface area contributed by atoms with Crippen LogP contribution in [0.3, 0.4) is 0 Å².